The molecule has 2 fully saturated rings. The van der Waals surface area contributed by atoms with Gasteiger partial charge in [-0.2, -0.15) is 0 Å². The second-order valence-corrected chi connectivity index (χ2v) is 11.9. The molecule has 2 aromatic carbocycles. The van der Waals surface area contributed by atoms with Crippen LogP contribution in [0.4, 0.5) is 0 Å². The highest BCUT2D eigenvalue weighted by atomic mass is 16.2. The number of hydrogen-bond donors (Lipinski definition) is 2. The molecule has 2 saturated heterocycles. The number of amides is 3. The number of aromatic nitrogens is 1. The van der Waals surface area contributed by atoms with Crippen molar-refractivity contribution in [2.75, 3.05) is 26.7 Å². The number of para-hydroxylation sites is 1. The number of benzene rings is 2. The fraction of sp³-hybridized carbons (Fsp3) is 0.452. The van der Waals surface area contributed by atoms with E-state index in [1.165, 1.54) is 0 Å². The molecule has 0 bridgehead atoms. The summed E-state index contributed by atoms with van der Waals surface area (Å²) >= 11 is 0. The first-order valence-corrected chi connectivity index (χ1v) is 13.7. The second kappa shape index (κ2) is 10.2. The smallest absolute Gasteiger partial charge is 0.245 e. The van der Waals surface area contributed by atoms with E-state index in [0.29, 0.717) is 26.1 Å². The predicted octanol–water partition coefficient (Wildman–Crippen LogP) is 2.81. The van der Waals surface area contributed by atoms with Crippen LogP contribution in [0.25, 0.3) is 10.9 Å². The molecular weight excluding hydrogens is 490 g/mol. The van der Waals surface area contributed by atoms with Crippen LogP contribution in [0, 0.1) is 5.41 Å². The topological polar surface area (TPSA) is 101 Å². The summed E-state index contributed by atoms with van der Waals surface area (Å²) < 4.78 is 2.04. The Kier molecular flexibility index (Phi) is 7.01. The molecule has 2 aliphatic rings. The van der Waals surface area contributed by atoms with E-state index in [1.807, 2.05) is 67.3 Å². The molecule has 8 heteroatoms. The summed E-state index contributed by atoms with van der Waals surface area (Å²) in [6, 6.07) is 17.4. The first-order chi connectivity index (χ1) is 18.5. The minimum absolute atomic E-state index is 0.000818. The molecule has 2 unspecified atom stereocenters. The van der Waals surface area contributed by atoms with Crippen LogP contribution in [0.1, 0.15) is 43.7 Å². The quantitative estimate of drug-likeness (QED) is 0.513. The summed E-state index contributed by atoms with van der Waals surface area (Å²) in [5.74, 6) is -0.465. The number of likely N-dealkylation sites (tertiary alicyclic amines) is 2. The lowest BCUT2D eigenvalue weighted by atomic mass is 9.69. The van der Waals surface area contributed by atoms with Gasteiger partial charge in [0.2, 0.25) is 17.7 Å². The molecule has 206 valence electrons. The minimum atomic E-state index is -1.14. The van der Waals surface area contributed by atoms with E-state index in [2.05, 4.69) is 17.4 Å². The molecule has 3 aromatic rings. The fourth-order valence-electron chi connectivity index (χ4n) is 6.47. The molecule has 3 N–H and O–H groups in total. The van der Waals surface area contributed by atoms with Crippen LogP contribution < -0.4 is 11.1 Å². The first-order valence-electron chi connectivity index (χ1n) is 13.7. The molecule has 1 aromatic heterocycles. The molecule has 5 rings (SSSR count). The van der Waals surface area contributed by atoms with Gasteiger partial charge >= 0.3 is 0 Å². The normalized spacial score (nSPS) is 22.5. The van der Waals surface area contributed by atoms with E-state index in [0.717, 1.165) is 34.9 Å². The van der Waals surface area contributed by atoms with Gasteiger partial charge in [-0.3, -0.25) is 14.4 Å². The highest BCUT2D eigenvalue weighted by molar-refractivity contribution is 5.93. The molecule has 0 radical (unpaired) electrons. The fourth-order valence-corrected chi connectivity index (χ4v) is 6.47. The maximum Gasteiger partial charge on any atom is 0.245 e. The van der Waals surface area contributed by atoms with Gasteiger partial charge in [-0.1, -0.05) is 48.5 Å². The van der Waals surface area contributed by atoms with Crippen molar-refractivity contribution < 1.29 is 14.4 Å². The summed E-state index contributed by atoms with van der Waals surface area (Å²) in [6.07, 6.45) is 3.81. The Morgan fingerprint density at radius 3 is 2.51 bits per heavy atom. The van der Waals surface area contributed by atoms with Crippen molar-refractivity contribution in [2.45, 2.75) is 50.6 Å². The number of fused-ring (bicyclic) bond motifs is 1. The lowest BCUT2D eigenvalue weighted by Gasteiger charge is -2.43. The zero-order valence-electron chi connectivity index (χ0n) is 23.3. The van der Waals surface area contributed by atoms with Crippen LogP contribution in [0.3, 0.4) is 0 Å². The van der Waals surface area contributed by atoms with Gasteiger partial charge in [0.15, 0.2) is 0 Å². The van der Waals surface area contributed by atoms with Gasteiger partial charge in [0, 0.05) is 63.2 Å². The number of nitrogens with one attached hydrogen (secondary N) is 1. The number of likely N-dealkylation sites (N-methyl/N-ethyl adjacent to an activating group) is 1. The van der Waals surface area contributed by atoms with Crippen molar-refractivity contribution in [2.24, 2.45) is 18.2 Å². The summed E-state index contributed by atoms with van der Waals surface area (Å²) in [4.78, 5) is 44.5. The Labute approximate surface area is 230 Å². The highest BCUT2D eigenvalue weighted by Crippen LogP contribution is 2.49. The predicted molar refractivity (Wildman–Crippen MR) is 152 cm³/mol. The Balaban J connectivity index is 1.47. The van der Waals surface area contributed by atoms with Gasteiger partial charge in [-0.25, -0.2) is 0 Å². The van der Waals surface area contributed by atoms with Crippen LogP contribution in [-0.2, 0) is 27.9 Å². The zero-order chi connectivity index (χ0) is 27.9. The van der Waals surface area contributed by atoms with Gasteiger partial charge in [-0.05, 0) is 43.9 Å². The average Bonchev–Trinajstić information content (AvgIpc) is 3.36. The van der Waals surface area contributed by atoms with Gasteiger partial charge in [0.1, 0.15) is 6.04 Å². The van der Waals surface area contributed by atoms with Crippen molar-refractivity contribution in [3.05, 3.63) is 71.9 Å². The zero-order valence-corrected chi connectivity index (χ0v) is 23.3. The molecule has 3 atom stereocenters. The van der Waals surface area contributed by atoms with E-state index in [9.17, 15) is 14.4 Å². The van der Waals surface area contributed by atoms with E-state index in [1.54, 1.807) is 23.6 Å². The van der Waals surface area contributed by atoms with Crippen LogP contribution in [0.15, 0.2) is 60.8 Å². The monoisotopic (exact) mass is 529 g/mol. The highest BCUT2D eigenvalue weighted by Gasteiger charge is 2.55. The molecule has 0 saturated carbocycles. The van der Waals surface area contributed by atoms with Crippen LogP contribution in [0.5, 0.6) is 0 Å². The van der Waals surface area contributed by atoms with Crippen LogP contribution >= 0.6 is 0 Å². The van der Waals surface area contributed by atoms with Crippen LogP contribution in [0.2, 0.25) is 0 Å². The van der Waals surface area contributed by atoms with Gasteiger partial charge in [-0.15, -0.1) is 0 Å². The van der Waals surface area contributed by atoms with Gasteiger partial charge in [0.25, 0.3) is 0 Å². The number of carbonyl (C=O) groups excluding carboxylic acids is 3. The Morgan fingerprint density at radius 1 is 1.10 bits per heavy atom. The van der Waals surface area contributed by atoms with Gasteiger partial charge in [0.05, 0.1) is 11.0 Å². The van der Waals surface area contributed by atoms with Crippen molar-refractivity contribution in [3.63, 3.8) is 0 Å². The summed E-state index contributed by atoms with van der Waals surface area (Å²) in [5.41, 5.74) is 7.46. The van der Waals surface area contributed by atoms with Crippen molar-refractivity contribution in [1.29, 1.82) is 0 Å². The SMILES string of the molecule is CN1CC(c2ccccc2)C2(CCCN(C(=O)[C@@H](Cc3cn(C)c4ccccc34)NC(=O)C(C)(C)N)C2)C1=O. The lowest BCUT2D eigenvalue weighted by Crippen LogP contribution is -2.59. The molecular formula is C31H39N5O3. The standard InChI is InChI=1S/C31H39N5O3/c1-30(2,32)28(38)33-25(17-22-18-34(3)26-14-9-8-13-23(22)26)27(37)36-16-10-15-31(20-36)24(19-35(4)29(31)39)21-11-6-5-7-12-21/h5-9,11-14,18,24-25H,10,15-17,19-20,32H2,1-4H3,(H,33,38)/t24?,25-,31?/m1/s1. The number of carbonyl (C=O) groups is 3. The minimum Gasteiger partial charge on any atom is -0.350 e. The third-order valence-corrected chi connectivity index (χ3v) is 8.53. The van der Waals surface area contributed by atoms with E-state index in [-0.39, 0.29) is 23.6 Å². The van der Waals surface area contributed by atoms with E-state index < -0.39 is 17.0 Å². The van der Waals surface area contributed by atoms with E-state index in [4.69, 9.17) is 5.73 Å². The number of hydrogen-bond acceptors (Lipinski definition) is 4. The maximum atomic E-state index is 14.2. The molecule has 3 amide bonds. The average molecular weight is 530 g/mol. The van der Waals surface area contributed by atoms with E-state index >= 15 is 0 Å². The maximum absolute atomic E-state index is 14.2. The molecule has 2 aliphatic heterocycles. The molecule has 0 aliphatic carbocycles. The number of nitrogens with two attached hydrogens (primary N) is 1. The Hall–Kier alpha value is -3.65. The molecule has 8 nitrogen and oxygen atoms in total. The number of rotatable bonds is 6. The summed E-state index contributed by atoms with van der Waals surface area (Å²) in [6.45, 7) is 4.78. The number of piperidine rings is 1. The van der Waals surface area contributed by atoms with Crippen molar-refractivity contribution in [1.82, 2.24) is 19.7 Å². The number of aryl methyl sites for hydroxylation is 1. The third kappa shape index (κ3) is 4.93. The summed E-state index contributed by atoms with van der Waals surface area (Å²) in [5, 5.41) is 4.01. The second-order valence-electron chi connectivity index (χ2n) is 11.9. The largest absolute Gasteiger partial charge is 0.350 e. The first kappa shape index (κ1) is 26.9. The van der Waals surface area contributed by atoms with Crippen molar-refractivity contribution >= 4 is 28.6 Å². The van der Waals surface area contributed by atoms with Gasteiger partial charge < -0.3 is 25.4 Å². The number of nitrogens with zero attached hydrogens (tertiary/aromatic N) is 3. The molecule has 39 heavy (non-hydrogen) atoms. The molecule has 1 spiro atoms. The third-order valence-electron chi connectivity index (χ3n) is 8.53. The Bertz CT molecular complexity index is 1390. The molecule has 3 heterocycles. The van der Waals surface area contributed by atoms with Crippen LogP contribution in [-0.4, -0.2) is 70.4 Å². The Morgan fingerprint density at radius 2 is 1.79 bits per heavy atom. The lowest BCUT2D eigenvalue weighted by molar-refractivity contribution is -0.145. The van der Waals surface area contributed by atoms with Crippen molar-refractivity contribution in [3.8, 4) is 0 Å². The summed E-state index contributed by atoms with van der Waals surface area (Å²) in [7, 11) is 3.82.